The number of benzene rings is 1. The highest BCUT2D eigenvalue weighted by Crippen LogP contribution is 2.44. The Labute approximate surface area is 88.8 Å². The summed E-state index contributed by atoms with van der Waals surface area (Å²) in [6.07, 6.45) is 0.434. The van der Waals surface area contributed by atoms with Gasteiger partial charge in [0.25, 0.3) is 0 Å². The Morgan fingerprint density at radius 1 is 1.43 bits per heavy atom. The minimum atomic E-state index is 0.155. The van der Waals surface area contributed by atoms with Crippen molar-refractivity contribution in [2.75, 3.05) is 7.11 Å². The fraction of sp³-hybridized carbons (Fsp3) is 0.455. The monoisotopic (exact) mass is 212 g/mol. The molecule has 14 heavy (non-hydrogen) atoms. The summed E-state index contributed by atoms with van der Waals surface area (Å²) in [7, 11) is 1.67. The molecule has 2 nitrogen and oxygen atoms in total. The van der Waals surface area contributed by atoms with E-state index in [2.05, 4.69) is 0 Å². The zero-order valence-electron chi connectivity index (χ0n) is 8.50. The number of epoxide rings is 1. The Morgan fingerprint density at radius 2 is 2.07 bits per heavy atom. The summed E-state index contributed by atoms with van der Waals surface area (Å²) in [5.74, 6) is 0.892. The summed E-state index contributed by atoms with van der Waals surface area (Å²) in [5.41, 5.74) is 2.11. The molecule has 0 radical (unpaired) electrons. The summed E-state index contributed by atoms with van der Waals surface area (Å²) < 4.78 is 10.8. The summed E-state index contributed by atoms with van der Waals surface area (Å²) in [6.45, 7) is 4.03. The second kappa shape index (κ2) is 3.44. The van der Waals surface area contributed by atoms with Gasteiger partial charge < -0.3 is 9.47 Å². The Balaban J connectivity index is 2.45. The van der Waals surface area contributed by atoms with Crippen LogP contribution in [0.15, 0.2) is 12.1 Å². The third-order valence-corrected chi connectivity index (χ3v) is 2.71. The van der Waals surface area contributed by atoms with Gasteiger partial charge in [0.1, 0.15) is 11.9 Å². The van der Waals surface area contributed by atoms with Gasteiger partial charge in [-0.2, -0.15) is 0 Å². The molecule has 1 aliphatic heterocycles. The van der Waals surface area contributed by atoms with E-state index < -0.39 is 0 Å². The minimum Gasteiger partial charge on any atom is -0.496 e. The van der Waals surface area contributed by atoms with Gasteiger partial charge in [-0.15, -0.1) is 0 Å². The molecular formula is C11H13ClO2. The SMILES string of the molecule is COc1c(C)cc(Cl)cc1C1OC1C. The van der Waals surface area contributed by atoms with Crippen molar-refractivity contribution in [1.82, 2.24) is 0 Å². The van der Waals surface area contributed by atoms with Crippen LogP contribution in [0.3, 0.4) is 0 Å². The van der Waals surface area contributed by atoms with E-state index in [1.54, 1.807) is 7.11 Å². The predicted molar refractivity (Wildman–Crippen MR) is 56.0 cm³/mol. The summed E-state index contributed by atoms with van der Waals surface area (Å²) in [6, 6.07) is 3.82. The average Bonchev–Trinajstić information content (AvgIpc) is 2.81. The molecule has 1 aliphatic rings. The molecule has 1 saturated heterocycles. The van der Waals surface area contributed by atoms with Crippen LogP contribution in [0.2, 0.25) is 5.02 Å². The molecule has 1 aromatic carbocycles. The van der Waals surface area contributed by atoms with Crippen LogP contribution in [0.25, 0.3) is 0 Å². The van der Waals surface area contributed by atoms with Gasteiger partial charge in [0.2, 0.25) is 0 Å². The van der Waals surface area contributed by atoms with Crippen LogP contribution in [-0.4, -0.2) is 13.2 Å². The van der Waals surface area contributed by atoms with E-state index in [0.29, 0.717) is 0 Å². The molecule has 2 atom stereocenters. The lowest BCUT2D eigenvalue weighted by molar-refractivity contribution is 0.367. The van der Waals surface area contributed by atoms with Crippen molar-refractivity contribution in [3.05, 3.63) is 28.3 Å². The van der Waals surface area contributed by atoms with E-state index in [1.807, 2.05) is 26.0 Å². The molecule has 0 N–H and O–H groups in total. The predicted octanol–water partition coefficient (Wildman–Crippen LogP) is 3.12. The third-order valence-electron chi connectivity index (χ3n) is 2.49. The Kier molecular flexibility index (Phi) is 2.41. The van der Waals surface area contributed by atoms with E-state index in [4.69, 9.17) is 21.1 Å². The first kappa shape index (κ1) is 9.81. The second-order valence-corrected chi connectivity index (χ2v) is 4.04. The lowest BCUT2D eigenvalue weighted by atomic mass is 10.1. The molecule has 0 spiro atoms. The number of halogens is 1. The van der Waals surface area contributed by atoms with Gasteiger partial charge in [-0.1, -0.05) is 11.6 Å². The Hall–Kier alpha value is -0.730. The van der Waals surface area contributed by atoms with Crippen molar-refractivity contribution in [2.24, 2.45) is 0 Å². The molecular weight excluding hydrogens is 200 g/mol. The van der Waals surface area contributed by atoms with Crippen molar-refractivity contribution in [3.8, 4) is 5.75 Å². The first-order valence-corrected chi connectivity index (χ1v) is 5.00. The van der Waals surface area contributed by atoms with Crippen LogP contribution in [0, 0.1) is 6.92 Å². The fourth-order valence-corrected chi connectivity index (χ4v) is 2.04. The summed E-state index contributed by atoms with van der Waals surface area (Å²) >= 11 is 5.99. The number of ether oxygens (including phenoxy) is 2. The zero-order chi connectivity index (χ0) is 10.3. The van der Waals surface area contributed by atoms with Crippen molar-refractivity contribution < 1.29 is 9.47 Å². The average molecular weight is 213 g/mol. The lowest BCUT2D eigenvalue weighted by Crippen LogP contribution is -1.95. The topological polar surface area (TPSA) is 21.8 Å². The zero-order valence-corrected chi connectivity index (χ0v) is 9.26. The molecule has 1 heterocycles. The Morgan fingerprint density at radius 3 is 2.57 bits per heavy atom. The molecule has 0 saturated carbocycles. The van der Waals surface area contributed by atoms with Gasteiger partial charge in [-0.25, -0.2) is 0 Å². The van der Waals surface area contributed by atoms with Crippen molar-refractivity contribution in [3.63, 3.8) is 0 Å². The molecule has 76 valence electrons. The quantitative estimate of drug-likeness (QED) is 0.703. The first-order valence-electron chi connectivity index (χ1n) is 4.63. The molecule has 2 unspecified atom stereocenters. The largest absolute Gasteiger partial charge is 0.496 e. The maximum Gasteiger partial charge on any atom is 0.127 e. The van der Waals surface area contributed by atoms with E-state index in [-0.39, 0.29) is 12.2 Å². The van der Waals surface area contributed by atoms with Crippen LogP contribution in [0.4, 0.5) is 0 Å². The van der Waals surface area contributed by atoms with Gasteiger partial charge in [0, 0.05) is 10.6 Å². The van der Waals surface area contributed by atoms with Gasteiger partial charge in [-0.05, 0) is 31.5 Å². The van der Waals surface area contributed by atoms with Crippen LogP contribution >= 0.6 is 11.6 Å². The molecule has 0 aliphatic carbocycles. The highest BCUT2D eigenvalue weighted by Gasteiger charge is 2.38. The van der Waals surface area contributed by atoms with Gasteiger partial charge in [0.15, 0.2) is 0 Å². The van der Waals surface area contributed by atoms with E-state index in [0.717, 1.165) is 21.9 Å². The molecule has 0 bridgehead atoms. The number of methoxy groups -OCH3 is 1. The molecule has 3 heteroatoms. The lowest BCUT2D eigenvalue weighted by Gasteiger charge is -2.10. The van der Waals surface area contributed by atoms with Gasteiger partial charge in [-0.3, -0.25) is 0 Å². The maximum atomic E-state index is 5.99. The fourth-order valence-electron chi connectivity index (χ4n) is 1.76. The van der Waals surface area contributed by atoms with Crippen molar-refractivity contribution in [2.45, 2.75) is 26.1 Å². The van der Waals surface area contributed by atoms with Crippen LogP contribution < -0.4 is 4.74 Å². The summed E-state index contributed by atoms with van der Waals surface area (Å²) in [4.78, 5) is 0. The van der Waals surface area contributed by atoms with Crippen molar-refractivity contribution >= 4 is 11.6 Å². The van der Waals surface area contributed by atoms with E-state index in [1.165, 1.54) is 0 Å². The number of hydrogen-bond donors (Lipinski definition) is 0. The second-order valence-electron chi connectivity index (χ2n) is 3.61. The highest BCUT2D eigenvalue weighted by atomic mass is 35.5. The standard InChI is InChI=1S/C11H13ClO2/c1-6-4-8(12)5-9(10(6)13-3)11-7(2)14-11/h4-5,7,11H,1-3H3. The number of rotatable bonds is 2. The molecule has 2 rings (SSSR count). The van der Waals surface area contributed by atoms with E-state index >= 15 is 0 Å². The molecule has 1 fully saturated rings. The Bertz CT molecular complexity index is 363. The molecule has 1 aromatic rings. The number of aryl methyl sites for hydroxylation is 1. The van der Waals surface area contributed by atoms with Crippen LogP contribution in [0.1, 0.15) is 24.2 Å². The smallest absolute Gasteiger partial charge is 0.127 e. The van der Waals surface area contributed by atoms with Gasteiger partial charge in [0.05, 0.1) is 13.2 Å². The van der Waals surface area contributed by atoms with Crippen LogP contribution in [-0.2, 0) is 4.74 Å². The summed E-state index contributed by atoms with van der Waals surface area (Å²) in [5, 5.41) is 0.737. The normalized spacial score (nSPS) is 24.9. The maximum absolute atomic E-state index is 5.99. The third kappa shape index (κ3) is 1.60. The van der Waals surface area contributed by atoms with E-state index in [9.17, 15) is 0 Å². The van der Waals surface area contributed by atoms with Crippen molar-refractivity contribution in [1.29, 1.82) is 0 Å². The highest BCUT2D eigenvalue weighted by molar-refractivity contribution is 6.30. The first-order chi connectivity index (χ1) is 6.63. The molecule has 0 aromatic heterocycles. The number of hydrogen-bond acceptors (Lipinski definition) is 2. The van der Waals surface area contributed by atoms with Crippen LogP contribution in [0.5, 0.6) is 5.75 Å². The van der Waals surface area contributed by atoms with Gasteiger partial charge >= 0.3 is 0 Å². The minimum absolute atomic E-state index is 0.155. The molecule has 0 amide bonds.